The molecule has 0 spiro atoms. The molecule has 2 aliphatic rings. The van der Waals surface area contributed by atoms with Crippen LogP contribution in [-0.2, 0) is 9.59 Å². The predicted molar refractivity (Wildman–Crippen MR) is 105 cm³/mol. The van der Waals surface area contributed by atoms with Gasteiger partial charge in [0.15, 0.2) is 0 Å². The second-order valence-electron chi connectivity index (χ2n) is 8.41. The molecule has 2 amide bonds. The van der Waals surface area contributed by atoms with Crippen LogP contribution in [0.25, 0.3) is 0 Å². The van der Waals surface area contributed by atoms with E-state index >= 15 is 0 Å². The summed E-state index contributed by atoms with van der Waals surface area (Å²) in [6, 6.07) is -0.547. The van der Waals surface area contributed by atoms with E-state index in [1.807, 2.05) is 0 Å². The summed E-state index contributed by atoms with van der Waals surface area (Å²) in [5, 5.41) is 0. The highest BCUT2D eigenvalue weighted by Gasteiger charge is 2.29. The summed E-state index contributed by atoms with van der Waals surface area (Å²) in [4.78, 5) is 27.0. The normalized spacial score (nSPS) is 20.7. The lowest BCUT2D eigenvalue weighted by atomic mass is 9.84. The van der Waals surface area contributed by atoms with E-state index in [-0.39, 0.29) is 11.8 Å². The zero-order valence-electron chi connectivity index (χ0n) is 16.5. The molecule has 0 bridgehead atoms. The van der Waals surface area contributed by atoms with E-state index in [1.165, 1.54) is 69.1 Å². The summed E-state index contributed by atoms with van der Waals surface area (Å²) in [5.74, 6) is 0.956. The van der Waals surface area contributed by atoms with Crippen LogP contribution < -0.4 is 11.5 Å². The van der Waals surface area contributed by atoms with Gasteiger partial charge in [0.05, 0.1) is 6.04 Å². The zero-order chi connectivity index (χ0) is 18.8. The second kappa shape index (κ2) is 11.7. The summed E-state index contributed by atoms with van der Waals surface area (Å²) in [6.07, 6.45) is 15.2. The van der Waals surface area contributed by atoms with Crippen LogP contribution in [0.1, 0.15) is 89.9 Å². The molecule has 2 rings (SSSR count). The van der Waals surface area contributed by atoms with E-state index in [0.717, 1.165) is 6.42 Å². The van der Waals surface area contributed by atoms with Crippen LogP contribution in [0, 0.1) is 11.8 Å². The maximum absolute atomic E-state index is 12.9. The van der Waals surface area contributed by atoms with Crippen LogP contribution >= 0.6 is 0 Å². The molecule has 0 saturated heterocycles. The Hall–Kier alpha value is -0.940. The number of nitrogens with zero attached hydrogens (tertiary/aromatic N) is 1. The Bertz CT molecular complexity index is 429. The van der Waals surface area contributed by atoms with Crippen LogP contribution in [0.2, 0.25) is 0 Å². The Morgan fingerprint density at radius 1 is 0.923 bits per heavy atom. The van der Waals surface area contributed by atoms with E-state index in [0.29, 0.717) is 44.2 Å². The Morgan fingerprint density at radius 2 is 1.50 bits per heavy atom. The van der Waals surface area contributed by atoms with E-state index in [9.17, 15) is 9.59 Å². The molecule has 2 fully saturated rings. The van der Waals surface area contributed by atoms with Crippen molar-refractivity contribution in [2.75, 3.05) is 13.1 Å². The molecule has 5 heteroatoms. The highest BCUT2D eigenvalue weighted by molar-refractivity contribution is 5.97. The molecule has 0 aliphatic heterocycles. The fraction of sp³-hybridized carbons (Fsp3) is 0.905. The molecule has 0 radical (unpaired) electrons. The quantitative estimate of drug-likeness (QED) is 0.656. The van der Waals surface area contributed by atoms with Crippen LogP contribution in [0.5, 0.6) is 0 Å². The van der Waals surface area contributed by atoms with Crippen molar-refractivity contribution in [3.8, 4) is 0 Å². The molecular weight excluding hydrogens is 326 g/mol. The van der Waals surface area contributed by atoms with Gasteiger partial charge >= 0.3 is 0 Å². The minimum Gasteiger partial charge on any atom is -0.330 e. The molecule has 1 atom stereocenters. The Balaban J connectivity index is 1.86. The van der Waals surface area contributed by atoms with Gasteiger partial charge in [-0.25, -0.2) is 0 Å². The molecule has 2 aliphatic carbocycles. The molecule has 0 aromatic rings. The number of carbonyl (C=O) groups is 2. The van der Waals surface area contributed by atoms with Crippen molar-refractivity contribution in [3.63, 3.8) is 0 Å². The molecule has 5 nitrogen and oxygen atoms in total. The standard InChI is InChI=1S/C21H39N3O2/c22-14-7-15-24(20(25)13-12-17-8-3-1-4-9-17)21(26)19(23)16-18-10-5-2-6-11-18/h17-19H,1-16,22-23H2/t19-/m0/s1. The van der Waals surface area contributed by atoms with Crippen LogP contribution in [0.3, 0.4) is 0 Å². The van der Waals surface area contributed by atoms with E-state index in [4.69, 9.17) is 11.5 Å². The van der Waals surface area contributed by atoms with Gasteiger partial charge < -0.3 is 11.5 Å². The monoisotopic (exact) mass is 365 g/mol. The lowest BCUT2D eigenvalue weighted by Crippen LogP contribution is -2.48. The van der Waals surface area contributed by atoms with Gasteiger partial charge in [0, 0.05) is 13.0 Å². The Morgan fingerprint density at radius 3 is 2.08 bits per heavy atom. The zero-order valence-corrected chi connectivity index (χ0v) is 16.5. The van der Waals surface area contributed by atoms with Crippen molar-refractivity contribution < 1.29 is 9.59 Å². The minimum atomic E-state index is -0.547. The highest BCUT2D eigenvalue weighted by Crippen LogP contribution is 2.29. The average Bonchev–Trinajstić information content (AvgIpc) is 2.68. The topological polar surface area (TPSA) is 89.4 Å². The fourth-order valence-electron chi connectivity index (χ4n) is 4.63. The third-order valence-corrected chi connectivity index (χ3v) is 6.27. The van der Waals surface area contributed by atoms with Crippen molar-refractivity contribution in [1.82, 2.24) is 4.90 Å². The first-order chi connectivity index (χ1) is 12.6. The smallest absolute Gasteiger partial charge is 0.246 e. The van der Waals surface area contributed by atoms with Gasteiger partial charge in [-0.1, -0.05) is 64.2 Å². The lowest BCUT2D eigenvalue weighted by Gasteiger charge is -2.28. The summed E-state index contributed by atoms with van der Waals surface area (Å²) in [5.41, 5.74) is 11.8. The van der Waals surface area contributed by atoms with Crippen molar-refractivity contribution >= 4 is 11.8 Å². The van der Waals surface area contributed by atoms with Crippen molar-refractivity contribution in [3.05, 3.63) is 0 Å². The lowest BCUT2D eigenvalue weighted by molar-refractivity contribution is -0.146. The number of hydrogen-bond donors (Lipinski definition) is 2. The minimum absolute atomic E-state index is 0.0480. The maximum atomic E-state index is 12.9. The Labute approximate surface area is 159 Å². The first-order valence-corrected chi connectivity index (χ1v) is 10.9. The van der Waals surface area contributed by atoms with Gasteiger partial charge in [-0.3, -0.25) is 14.5 Å². The van der Waals surface area contributed by atoms with Gasteiger partial charge in [0.25, 0.3) is 0 Å². The van der Waals surface area contributed by atoms with Gasteiger partial charge in [-0.05, 0) is 37.6 Å². The van der Waals surface area contributed by atoms with Gasteiger partial charge in [-0.2, -0.15) is 0 Å². The van der Waals surface area contributed by atoms with Gasteiger partial charge in [0.1, 0.15) is 0 Å². The van der Waals surface area contributed by atoms with Crippen molar-refractivity contribution in [2.24, 2.45) is 23.3 Å². The maximum Gasteiger partial charge on any atom is 0.246 e. The Kier molecular flexibility index (Phi) is 9.62. The molecule has 4 N–H and O–H groups in total. The largest absolute Gasteiger partial charge is 0.330 e. The van der Waals surface area contributed by atoms with Crippen LogP contribution in [0.4, 0.5) is 0 Å². The molecule has 26 heavy (non-hydrogen) atoms. The highest BCUT2D eigenvalue weighted by atomic mass is 16.2. The first-order valence-electron chi connectivity index (χ1n) is 10.9. The number of imide groups is 1. The molecule has 150 valence electrons. The van der Waals surface area contributed by atoms with Crippen molar-refractivity contribution in [2.45, 2.75) is 95.9 Å². The van der Waals surface area contributed by atoms with E-state index in [2.05, 4.69) is 0 Å². The number of amides is 2. The van der Waals surface area contributed by atoms with Gasteiger partial charge in [0.2, 0.25) is 11.8 Å². The van der Waals surface area contributed by atoms with Crippen molar-refractivity contribution in [1.29, 1.82) is 0 Å². The summed E-state index contributed by atoms with van der Waals surface area (Å²) in [6.45, 7) is 0.898. The number of hydrogen-bond acceptors (Lipinski definition) is 4. The predicted octanol–water partition coefficient (Wildman–Crippen LogP) is 3.35. The number of nitrogens with two attached hydrogens (primary N) is 2. The van der Waals surface area contributed by atoms with E-state index < -0.39 is 6.04 Å². The van der Waals surface area contributed by atoms with E-state index in [1.54, 1.807) is 0 Å². The van der Waals surface area contributed by atoms with Crippen LogP contribution in [-0.4, -0.2) is 35.8 Å². The third-order valence-electron chi connectivity index (χ3n) is 6.27. The molecular formula is C21H39N3O2. The van der Waals surface area contributed by atoms with Crippen LogP contribution in [0.15, 0.2) is 0 Å². The fourth-order valence-corrected chi connectivity index (χ4v) is 4.63. The summed E-state index contributed by atoms with van der Waals surface area (Å²) < 4.78 is 0. The molecule has 2 saturated carbocycles. The second-order valence-corrected chi connectivity index (χ2v) is 8.41. The average molecular weight is 366 g/mol. The number of carbonyl (C=O) groups excluding carboxylic acids is 2. The SMILES string of the molecule is NCCCN(C(=O)CCC1CCCCC1)C(=O)[C@@H](N)CC1CCCCC1. The summed E-state index contributed by atoms with van der Waals surface area (Å²) in [7, 11) is 0. The van der Waals surface area contributed by atoms with Gasteiger partial charge in [-0.15, -0.1) is 0 Å². The molecule has 0 unspecified atom stereocenters. The third kappa shape index (κ3) is 6.99. The number of rotatable bonds is 9. The molecule has 0 aromatic heterocycles. The first kappa shape index (κ1) is 21.4. The molecule has 0 aromatic carbocycles. The summed E-state index contributed by atoms with van der Waals surface area (Å²) >= 11 is 0. The molecule has 0 heterocycles.